The van der Waals surface area contributed by atoms with E-state index in [4.69, 9.17) is 9.47 Å². The Hall–Kier alpha value is -1.15. The van der Waals surface area contributed by atoms with Crippen molar-refractivity contribution in [1.29, 1.82) is 0 Å². The molecule has 0 aromatic heterocycles. The van der Waals surface area contributed by atoms with E-state index in [1.807, 2.05) is 6.92 Å². The number of hydrogen-bond donors (Lipinski definition) is 2. The maximum Gasteiger partial charge on any atom is 0.240 e. The largest absolute Gasteiger partial charge is 0.496 e. The number of sulfonamides is 1. The van der Waals surface area contributed by atoms with Crippen molar-refractivity contribution >= 4 is 10.0 Å². The first-order chi connectivity index (χ1) is 9.55. The minimum atomic E-state index is -3.52. The summed E-state index contributed by atoms with van der Waals surface area (Å²) in [6, 6.07) is 4.79. The van der Waals surface area contributed by atoms with Crippen LogP contribution in [0.3, 0.4) is 0 Å². The van der Waals surface area contributed by atoms with Crippen LogP contribution < -0.4 is 14.8 Å². The topological polar surface area (TPSA) is 76.7 Å². The molecule has 1 aromatic carbocycles. The number of benzene rings is 1. The number of ether oxygens (including phenoxy) is 2. The SMILES string of the molecule is CCOCCNS(=O)(=O)c1ccc(OC)c(CNC)c1. The molecule has 0 saturated heterocycles. The molecule has 0 heterocycles. The second kappa shape index (κ2) is 8.21. The maximum atomic E-state index is 12.1. The first-order valence-electron chi connectivity index (χ1n) is 6.44. The summed E-state index contributed by atoms with van der Waals surface area (Å²) >= 11 is 0. The zero-order chi connectivity index (χ0) is 15.0. The third-order valence-corrected chi connectivity index (χ3v) is 4.13. The maximum absolute atomic E-state index is 12.1. The highest BCUT2D eigenvalue weighted by molar-refractivity contribution is 7.89. The summed E-state index contributed by atoms with van der Waals surface area (Å²) in [5, 5.41) is 2.98. The second-order valence-electron chi connectivity index (χ2n) is 4.10. The highest BCUT2D eigenvalue weighted by Gasteiger charge is 2.15. The fourth-order valence-electron chi connectivity index (χ4n) is 1.73. The van der Waals surface area contributed by atoms with Gasteiger partial charge in [0, 0.05) is 25.3 Å². The molecule has 20 heavy (non-hydrogen) atoms. The predicted molar refractivity (Wildman–Crippen MR) is 77.4 cm³/mol. The molecule has 7 heteroatoms. The zero-order valence-electron chi connectivity index (χ0n) is 12.1. The number of methoxy groups -OCH3 is 1. The predicted octanol–water partition coefficient (Wildman–Crippen LogP) is 0.729. The summed E-state index contributed by atoms with van der Waals surface area (Å²) in [5.74, 6) is 0.660. The number of hydrogen-bond acceptors (Lipinski definition) is 5. The highest BCUT2D eigenvalue weighted by atomic mass is 32.2. The fraction of sp³-hybridized carbons (Fsp3) is 0.538. The summed E-state index contributed by atoms with van der Waals surface area (Å²) < 4.78 is 37.1. The van der Waals surface area contributed by atoms with E-state index in [0.717, 1.165) is 5.56 Å². The molecule has 0 aliphatic rings. The van der Waals surface area contributed by atoms with Gasteiger partial charge in [-0.15, -0.1) is 0 Å². The normalized spacial score (nSPS) is 11.6. The van der Waals surface area contributed by atoms with Crippen LogP contribution in [0.5, 0.6) is 5.75 Å². The summed E-state index contributed by atoms with van der Waals surface area (Å²) in [6.45, 7) is 3.57. The third-order valence-electron chi connectivity index (χ3n) is 2.67. The molecule has 2 N–H and O–H groups in total. The Bertz CT molecular complexity index is 517. The van der Waals surface area contributed by atoms with Gasteiger partial charge in [-0.1, -0.05) is 0 Å². The lowest BCUT2D eigenvalue weighted by Crippen LogP contribution is -2.27. The second-order valence-corrected chi connectivity index (χ2v) is 5.87. The first kappa shape index (κ1) is 16.9. The molecule has 6 nitrogen and oxygen atoms in total. The van der Waals surface area contributed by atoms with Gasteiger partial charge in [0.05, 0.1) is 18.6 Å². The van der Waals surface area contributed by atoms with Gasteiger partial charge in [-0.3, -0.25) is 0 Å². The van der Waals surface area contributed by atoms with E-state index >= 15 is 0 Å². The lowest BCUT2D eigenvalue weighted by atomic mass is 10.2. The van der Waals surface area contributed by atoms with Crippen LogP contribution >= 0.6 is 0 Å². The van der Waals surface area contributed by atoms with Crippen molar-refractivity contribution < 1.29 is 17.9 Å². The van der Waals surface area contributed by atoms with Crippen LogP contribution in [0.25, 0.3) is 0 Å². The lowest BCUT2D eigenvalue weighted by Gasteiger charge is -2.11. The molecule has 0 aliphatic carbocycles. The van der Waals surface area contributed by atoms with Crippen molar-refractivity contribution in [1.82, 2.24) is 10.0 Å². The van der Waals surface area contributed by atoms with Gasteiger partial charge in [-0.05, 0) is 32.2 Å². The van der Waals surface area contributed by atoms with Gasteiger partial charge in [0.15, 0.2) is 0 Å². The molecule has 0 aliphatic heterocycles. The Labute approximate surface area is 120 Å². The van der Waals surface area contributed by atoms with Crippen LogP contribution in [0, 0.1) is 0 Å². The van der Waals surface area contributed by atoms with Gasteiger partial charge in [0.25, 0.3) is 0 Å². The molecule has 114 valence electrons. The Morgan fingerprint density at radius 2 is 2.05 bits per heavy atom. The van der Waals surface area contributed by atoms with Crippen LogP contribution in [0.4, 0.5) is 0 Å². The van der Waals surface area contributed by atoms with Gasteiger partial charge >= 0.3 is 0 Å². The van der Waals surface area contributed by atoms with E-state index in [1.165, 1.54) is 6.07 Å². The van der Waals surface area contributed by atoms with E-state index in [-0.39, 0.29) is 11.4 Å². The van der Waals surface area contributed by atoms with Crippen LogP contribution in [0.2, 0.25) is 0 Å². The van der Waals surface area contributed by atoms with Crippen molar-refractivity contribution in [2.45, 2.75) is 18.4 Å². The molecule has 0 unspecified atom stereocenters. The zero-order valence-corrected chi connectivity index (χ0v) is 12.9. The molecular formula is C13H22N2O4S. The fourth-order valence-corrected chi connectivity index (χ4v) is 2.79. The summed E-state index contributed by atoms with van der Waals surface area (Å²) in [4.78, 5) is 0.222. The minimum absolute atomic E-state index is 0.222. The quantitative estimate of drug-likeness (QED) is 0.658. The van der Waals surface area contributed by atoms with Crippen LogP contribution in [0.1, 0.15) is 12.5 Å². The van der Waals surface area contributed by atoms with E-state index in [1.54, 1.807) is 26.3 Å². The lowest BCUT2D eigenvalue weighted by molar-refractivity contribution is 0.153. The first-order valence-corrected chi connectivity index (χ1v) is 7.92. The summed E-state index contributed by atoms with van der Waals surface area (Å²) in [6.07, 6.45) is 0. The number of rotatable bonds is 9. The van der Waals surface area contributed by atoms with Gasteiger partial charge in [0.2, 0.25) is 10.0 Å². The summed E-state index contributed by atoms with van der Waals surface area (Å²) in [7, 11) is -0.169. The van der Waals surface area contributed by atoms with E-state index in [9.17, 15) is 8.42 Å². The Morgan fingerprint density at radius 3 is 2.65 bits per heavy atom. The van der Waals surface area contributed by atoms with Crippen LogP contribution in [-0.2, 0) is 21.3 Å². The van der Waals surface area contributed by atoms with Crippen molar-refractivity contribution in [2.75, 3.05) is 33.9 Å². The average molecular weight is 302 g/mol. The molecule has 0 saturated carbocycles. The van der Waals surface area contributed by atoms with Gasteiger partial charge in [0.1, 0.15) is 5.75 Å². The highest BCUT2D eigenvalue weighted by Crippen LogP contribution is 2.22. The van der Waals surface area contributed by atoms with Crippen LogP contribution in [-0.4, -0.2) is 42.3 Å². The number of nitrogens with one attached hydrogen (secondary N) is 2. The third kappa shape index (κ3) is 4.75. The van der Waals surface area contributed by atoms with Crippen molar-refractivity contribution in [2.24, 2.45) is 0 Å². The van der Waals surface area contributed by atoms with Crippen molar-refractivity contribution in [3.05, 3.63) is 23.8 Å². The average Bonchev–Trinajstić information content (AvgIpc) is 2.44. The van der Waals surface area contributed by atoms with Gasteiger partial charge in [-0.25, -0.2) is 13.1 Å². The monoisotopic (exact) mass is 302 g/mol. The smallest absolute Gasteiger partial charge is 0.240 e. The molecule has 0 fully saturated rings. The van der Waals surface area contributed by atoms with Crippen LogP contribution in [0.15, 0.2) is 23.1 Å². The van der Waals surface area contributed by atoms with E-state index in [0.29, 0.717) is 25.5 Å². The molecule has 0 amide bonds. The standard InChI is InChI=1S/C13H22N2O4S/c1-4-19-8-7-15-20(16,17)12-5-6-13(18-3)11(9-12)10-14-2/h5-6,9,14-15H,4,7-8,10H2,1-3H3. The molecule has 0 spiro atoms. The molecule has 1 rings (SSSR count). The van der Waals surface area contributed by atoms with Gasteiger partial charge < -0.3 is 14.8 Å². The summed E-state index contributed by atoms with van der Waals surface area (Å²) in [5.41, 5.74) is 0.794. The van der Waals surface area contributed by atoms with Gasteiger partial charge in [-0.2, -0.15) is 0 Å². The Balaban J connectivity index is 2.86. The minimum Gasteiger partial charge on any atom is -0.496 e. The Kier molecular flexibility index (Phi) is 6.94. The van der Waals surface area contributed by atoms with E-state index < -0.39 is 10.0 Å². The molecule has 0 radical (unpaired) electrons. The van der Waals surface area contributed by atoms with Crippen molar-refractivity contribution in [3.63, 3.8) is 0 Å². The molecule has 1 aromatic rings. The van der Waals surface area contributed by atoms with E-state index in [2.05, 4.69) is 10.0 Å². The molecule has 0 atom stereocenters. The molecular weight excluding hydrogens is 280 g/mol. The molecule has 0 bridgehead atoms. The van der Waals surface area contributed by atoms with Crippen molar-refractivity contribution in [3.8, 4) is 5.75 Å². The Morgan fingerprint density at radius 1 is 1.30 bits per heavy atom.